The smallest absolute Gasteiger partial charge is 0.282 e. The third-order valence-electron chi connectivity index (χ3n) is 1.52. The van der Waals surface area contributed by atoms with Gasteiger partial charge in [0.25, 0.3) is 10.1 Å². The molecule has 0 atom stereocenters. The second kappa shape index (κ2) is 6.52. The Morgan fingerprint density at radius 1 is 1.33 bits per heavy atom. The summed E-state index contributed by atoms with van der Waals surface area (Å²) in [5, 5.41) is 0. The Balaban J connectivity index is 0.000000423. The molecule has 0 aromatic heterocycles. The molecule has 0 fully saturated rings. The monoisotopic (exact) mass is 232 g/mol. The van der Waals surface area contributed by atoms with Crippen LogP contribution in [0.5, 0.6) is 0 Å². The summed E-state index contributed by atoms with van der Waals surface area (Å²) < 4.78 is 29.6. The first-order chi connectivity index (χ1) is 6.91. The largest absolute Gasteiger partial charge is 0.294 e. The number of hydrogen-bond donors (Lipinski definition) is 3. The average molecular weight is 232 g/mol. The summed E-state index contributed by atoms with van der Waals surface area (Å²) in [5.41, 5.74) is 3.39. The molecule has 0 radical (unpaired) electrons. The Kier molecular flexibility index (Phi) is 6.11. The second-order valence-electron chi connectivity index (χ2n) is 2.85. The van der Waals surface area contributed by atoms with Crippen LogP contribution in [0.15, 0.2) is 29.2 Å². The van der Waals surface area contributed by atoms with Crippen molar-refractivity contribution in [1.82, 2.24) is 5.43 Å². The molecule has 0 amide bonds. The Labute approximate surface area is 90.0 Å². The molecular formula is C9H16N2O3S. The van der Waals surface area contributed by atoms with Crippen LogP contribution in [-0.2, 0) is 10.1 Å². The Hall–Kier alpha value is -0.950. The molecule has 15 heavy (non-hydrogen) atoms. The molecular weight excluding hydrogens is 216 g/mol. The summed E-state index contributed by atoms with van der Waals surface area (Å²) in [6.07, 6.45) is 0. The zero-order chi connectivity index (χ0) is 11.9. The molecule has 0 unspecified atom stereocenters. The van der Waals surface area contributed by atoms with Crippen molar-refractivity contribution in [2.75, 3.05) is 6.54 Å². The number of rotatable bonds is 2. The molecule has 0 saturated carbocycles. The topological polar surface area (TPSA) is 92.4 Å². The fraction of sp³-hybridized carbons (Fsp3) is 0.333. The number of nitrogens with one attached hydrogen (secondary N) is 1. The maximum atomic E-state index is 10.5. The van der Waals surface area contributed by atoms with Gasteiger partial charge in [-0.1, -0.05) is 24.6 Å². The van der Waals surface area contributed by atoms with Crippen LogP contribution in [-0.4, -0.2) is 19.5 Å². The van der Waals surface area contributed by atoms with E-state index in [4.69, 9.17) is 10.4 Å². The molecule has 4 N–H and O–H groups in total. The van der Waals surface area contributed by atoms with E-state index in [1.807, 2.05) is 13.8 Å². The van der Waals surface area contributed by atoms with Gasteiger partial charge in [-0.2, -0.15) is 8.42 Å². The summed E-state index contributed by atoms with van der Waals surface area (Å²) in [5.74, 6) is 4.78. The molecule has 0 aliphatic heterocycles. The third-order valence-corrected chi connectivity index (χ3v) is 2.39. The second-order valence-corrected chi connectivity index (χ2v) is 4.27. The maximum Gasteiger partial charge on any atom is 0.294 e. The van der Waals surface area contributed by atoms with E-state index in [2.05, 4.69) is 5.43 Å². The number of hydrazine groups is 1. The molecule has 0 bridgehead atoms. The molecule has 6 heteroatoms. The number of nitrogens with two attached hydrogens (primary N) is 1. The van der Waals surface area contributed by atoms with Crippen molar-refractivity contribution < 1.29 is 13.0 Å². The highest BCUT2D eigenvalue weighted by Crippen LogP contribution is 2.08. The molecule has 0 heterocycles. The standard InChI is InChI=1S/C7H8O3S.C2H8N2/c1-6-2-4-7(5-3-6)11(8,9)10;1-2-4-3/h2-5H,1H3,(H,8,9,10);4H,2-3H2,1H3. The summed E-state index contributed by atoms with van der Waals surface area (Å²) in [6.45, 7) is 4.63. The lowest BCUT2D eigenvalue weighted by Gasteiger charge is -1.95. The van der Waals surface area contributed by atoms with Gasteiger partial charge in [-0.3, -0.25) is 15.8 Å². The molecule has 0 spiro atoms. The van der Waals surface area contributed by atoms with Crippen LogP contribution in [0.2, 0.25) is 0 Å². The van der Waals surface area contributed by atoms with Crippen molar-refractivity contribution in [3.05, 3.63) is 29.8 Å². The van der Waals surface area contributed by atoms with E-state index >= 15 is 0 Å². The lowest BCUT2D eigenvalue weighted by atomic mass is 10.2. The van der Waals surface area contributed by atoms with E-state index in [0.717, 1.165) is 12.1 Å². The Morgan fingerprint density at radius 2 is 1.73 bits per heavy atom. The summed E-state index contributed by atoms with van der Waals surface area (Å²) in [4.78, 5) is -0.0666. The predicted molar refractivity (Wildman–Crippen MR) is 58.9 cm³/mol. The molecule has 86 valence electrons. The summed E-state index contributed by atoms with van der Waals surface area (Å²) >= 11 is 0. The van der Waals surface area contributed by atoms with Crippen LogP contribution in [0.1, 0.15) is 12.5 Å². The minimum Gasteiger partial charge on any atom is -0.282 e. The van der Waals surface area contributed by atoms with Gasteiger partial charge < -0.3 is 0 Å². The van der Waals surface area contributed by atoms with Crippen molar-refractivity contribution in [1.29, 1.82) is 0 Å². The number of aryl methyl sites for hydroxylation is 1. The molecule has 0 aliphatic carbocycles. The first-order valence-electron chi connectivity index (χ1n) is 4.39. The van der Waals surface area contributed by atoms with Crippen LogP contribution in [0.3, 0.4) is 0 Å². The zero-order valence-electron chi connectivity index (χ0n) is 8.77. The summed E-state index contributed by atoms with van der Waals surface area (Å²) in [6, 6.07) is 5.99. The van der Waals surface area contributed by atoms with Gasteiger partial charge in [-0.25, -0.2) is 0 Å². The molecule has 0 saturated heterocycles. The zero-order valence-corrected chi connectivity index (χ0v) is 9.58. The van der Waals surface area contributed by atoms with Gasteiger partial charge in [0.2, 0.25) is 0 Å². The lowest BCUT2D eigenvalue weighted by Crippen LogP contribution is -2.20. The highest BCUT2D eigenvalue weighted by Gasteiger charge is 2.06. The Bertz CT molecular complexity index is 371. The highest BCUT2D eigenvalue weighted by atomic mass is 32.2. The van der Waals surface area contributed by atoms with Crippen LogP contribution in [0.4, 0.5) is 0 Å². The Morgan fingerprint density at radius 3 is 2.00 bits per heavy atom. The van der Waals surface area contributed by atoms with E-state index < -0.39 is 10.1 Å². The van der Waals surface area contributed by atoms with Crippen molar-refractivity contribution in [2.24, 2.45) is 5.84 Å². The molecule has 0 aliphatic rings. The van der Waals surface area contributed by atoms with Gasteiger partial charge in [0, 0.05) is 6.54 Å². The van der Waals surface area contributed by atoms with Crippen molar-refractivity contribution in [3.63, 3.8) is 0 Å². The first-order valence-corrected chi connectivity index (χ1v) is 5.83. The van der Waals surface area contributed by atoms with E-state index in [9.17, 15) is 8.42 Å². The fourth-order valence-electron chi connectivity index (χ4n) is 0.710. The van der Waals surface area contributed by atoms with Gasteiger partial charge in [0.15, 0.2) is 0 Å². The van der Waals surface area contributed by atoms with Gasteiger partial charge in [-0.05, 0) is 19.1 Å². The van der Waals surface area contributed by atoms with Gasteiger partial charge in [-0.15, -0.1) is 0 Å². The minimum absolute atomic E-state index is 0.0666. The molecule has 1 aromatic carbocycles. The molecule has 5 nitrogen and oxygen atoms in total. The van der Waals surface area contributed by atoms with E-state index in [0.29, 0.717) is 0 Å². The molecule has 1 aromatic rings. The van der Waals surface area contributed by atoms with Gasteiger partial charge >= 0.3 is 0 Å². The SMILES string of the molecule is CCNN.Cc1ccc(S(=O)(=O)O)cc1. The molecule has 1 rings (SSSR count). The van der Waals surface area contributed by atoms with E-state index in [-0.39, 0.29) is 4.90 Å². The lowest BCUT2D eigenvalue weighted by molar-refractivity contribution is 0.483. The van der Waals surface area contributed by atoms with Crippen LogP contribution in [0.25, 0.3) is 0 Å². The maximum absolute atomic E-state index is 10.5. The average Bonchev–Trinajstić information content (AvgIpc) is 2.17. The van der Waals surface area contributed by atoms with Gasteiger partial charge in [0.05, 0.1) is 4.90 Å². The van der Waals surface area contributed by atoms with E-state index in [1.54, 1.807) is 12.1 Å². The highest BCUT2D eigenvalue weighted by molar-refractivity contribution is 7.85. The summed E-state index contributed by atoms with van der Waals surface area (Å²) in [7, 11) is -4.02. The van der Waals surface area contributed by atoms with Gasteiger partial charge in [0.1, 0.15) is 0 Å². The van der Waals surface area contributed by atoms with Crippen molar-refractivity contribution >= 4 is 10.1 Å². The first kappa shape index (κ1) is 14.1. The van der Waals surface area contributed by atoms with Crippen LogP contribution < -0.4 is 11.3 Å². The predicted octanol–water partition coefficient (Wildman–Crippen LogP) is 0.711. The van der Waals surface area contributed by atoms with E-state index in [1.165, 1.54) is 12.1 Å². The quantitative estimate of drug-likeness (QED) is 0.397. The van der Waals surface area contributed by atoms with Crippen molar-refractivity contribution in [3.8, 4) is 0 Å². The van der Waals surface area contributed by atoms with Crippen molar-refractivity contribution in [2.45, 2.75) is 18.7 Å². The fourth-order valence-corrected chi connectivity index (χ4v) is 1.19. The number of hydrogen-bond acceptors (Lipinski definition) is 4. The van der Waals surface area contributed by atoms with Crippen LogP contribution >= 0.6 is 0 Å². The van der Waals surface area contributed by atoms with Crippen LogP contribution in [0, 0.1) is 6.92 Å². The third kappa shape index (κ3) is 6.19. The normalized spacial score (nSPS) is 10.4. The minimum atomic E-state index is -4.02. The number of benzene rings is 1.